The number of barbiturate groups is 1. The van der Waals surface area contributed by atoms with Gasteiger partial charge in [-0.25, -0.2) is 9.69 Å². The van der Waals surface area contributed by atoms with Gasteiger partial charge in [-0.2, -0.15) is 0 Å². The van der Waals surface area contributed by atoms with E-state index in [4.69, 9.17) is 9.47 Å². The number of methoxy groups -OCH3 is 2. The molecule has 0 saturated carbocycles. The van der Waals surface area contributed by atoms with Crippen molar-refractivity contribution in [3.05, 3.63) is 58.1 Å². The molecule has 1 N–H and O–H groups in total. The topological polar surface area (TPSA) is 84.9 Å². The molecular formula is C19H15BrN2O5. The highest BCUT2D eigenvalue weighted by molar-refractivity contribution is 9.10. The van der Waals surface area contributed by atoms with E-state index in [9.17, 15) is 14.4 Å². The Morgan fingerprint density at radius 1 is 1.00 bits per heavy atom. The highest BCUT2D eigenvalue weighted by atomic mass is 79.9. The standard InChI is InChI=1S/C19H15BrN2O5/c1-26-15-9-11(14(20)10-16(15)27-2)8-13-17(23)21-19(25)22(18(13)24)12-6-4-3-5-7-12/h3-10H,1-2H3,(H,21,23,25)/b13-8-. The zero-order valence-electron chi connectivity index (χ0n) is 14.5. The molecule has 1 saturated heterocycles. The first kappa shape index (κ1) is 18.7. The molecule has 8 heteroatoms. The van der Waals surface area contributed by atoms with Crippen molar-refractivity contribution in [3.63, 3.8) is 0 Å². The van der Waals surface area contributed by atoms with Gasteiger partial charge in [0.05, 0.1) is 19.9 Å². The minimum Gasteiger partial charge on any atom is -0.493 e. The number of nitrogens with zero attached hydrogens (tertiary/aromatic N) is 1. The number of benzene rings is 2. The lowest BCUT2D eigenvalue weighted by Gasteiger charge is -2.26. The molecule has 0 unspecified atom stereocenters. The Labute approximate surface area is 163 Å². The van der Waals surface area contributed by atoms with E-state index in [0.717, 1.165) is 4.90 Å². The fraction of sp³-hybridized carbons (Fsp3) is 0.105. The molecule has 27 heavy (non-hydrogen) atoms. The Bertz CT molecular complexity index is 956. The van der Waals surface area contributed by atoms with E-state index in [-0.39, 0.29) is 5.57 Å². The molecule has 1 heterocycles. The van der Waals surface area contributed by atoms with Gasteiger partial charge in [0.25, 0.3) is 11.8 Å². The number of ether oxygens (including phenoxy) is 2. The number of nitrogens with one attached hydrogen (secondary N) is 1. The molecule has 7 nitrogen and oxygen atoms in total. The molecular weight excluding hydrogens is 416 g/mol. The van der Waals surface area contributed by atoms with Gasteiger partial charge in [0.15, 0.2) is 11.5 Å². The molecule has 1 fully saturated rings. The highest BCUT2D eigenvalue weighted by Crippen LogP contribution is 2.34. The number of hydrogen-bond donors (Lipinski definition) is 1. The molecule has 1 aliphatic heterocycles. The quantitative estimate of drug-likeness (QED) is 0.594. The summed E-state index contributed by atoms with van der Waals surface area (Å²) in [5, 5.41) is 2.19. The molecule has 138 valence electrons. The number of para-hydroxylation sites is 1. The Morgan fingerprint density at radius 2 is 1.63 bits per heavy atom. The Morgan fingerprint density at radius 3 is 2.26 bits per heavy atom. The summed E-state index contributed by atoms with van der Waals surface area (Å²) in [6.45, 7) is 0. The number of rotatable bonds is 4. The average molecular weight is 431 g/mol. The van der Waals surface area contributed by atoms with Crippen LogP contribution in [0.25, 0.3) is 6.08 Å². The molecule has 0 radical (unpaired) electrons. The summed E-state index contributed by atoms with van der Waals surface area (Å²) in [7, 11) is 2.99. The zero-order valence-corrected chi connectivity index (χ0v) is 16.1. The highest BCUT2D eigenvalue weighted by Gasteiger charge is 2.36. The van der Waals surface area contributed by atoms with Crippen molar-refractivity contribution in [1.82, 2.24) is 5.32 Å². The maximum Gasteiger partial charge on any atom is 0.335 e. The number of halogens is 1. The van der Waals surface area contributed by atoms with E-state index >= 15 is 0 Å². The van der Waals surface area contributed by atoms with Gasteiger partial charge in [0.1, 0.15) is 5.57 Å². The van der Waals surface area contributed by atoms with Crippen LogP contribution in [0.2, 0.25) is 0 Å². The maximum absolute atomic E-state index is 12.8. The van der Waals surface area contributed by atoms with Crippen molar-refractivity contribution >= 4 is 45.5 Å². The second kappa shape index (κ2) is 7.63. The molecule has 0 bridgehead atoms. The van der Waals surface area contributed by atoms with Crippen LogP contribution in [0.1, 0.15) is 5.56 Å². The number of hydrogen-bond acceptors (Lipinski definition) is 5. The maximum atomic E-state index is 12.8. The zero-order chi connectivity index (χ0) is 19.6. The van der Waals surface area contributed by atoms with E-state index < -0.39 is 17.8 Å². The van der Waals surface area contributed by atoms with Crippen LogP contribution in [0.5, 0.6) is 11.5 Å². The van der Waals surface area contributed by atoms with Gasteiger partial charge in [0.2, 0.25) is 0 Å². The summed E-state index contributed by atoms with van der Waals surface area (Å²) in [6, 6.07) is 10.9. The van der Waals surface area contributed by atoms with Crippen molar-refractivity contribution < 1.29 is 23.9 Å². The van der Waals surface area contributed by atoms with Crippen molar-refractivity contribution in [2.24, 2.45) is 0 Å². The first-order chi connectivity index (χ1) is 13.0. The summed E-state index contributed by atoms with van der Waals surface area (Å²) < 4.78 is 11.1. The second-order valence-corrected chi connectivity index (χ2v) is 6.38. The predicted octanol–water partition coefficient (Wildman–Crippen LogP) is 3.13. The lowest BCUT2D eigenvalue weighted by Crippen LogP contribution is -2.54. The van der Waals surface area contributed by atoms with Crippen LogP contribution >= 0.6 is 15.9 Å². The molecule has 2 aromatic rings. The molecule has 4 amide bonds. The third-order valence-corrected chi connectivity index (χ3v) is 4.61. The van der Waals surface area contributed by atoms with Gasteiger partial charge in [-0.1, -0.05) is 34.1 Å². The Balaban J connectivity index is 2.06. The monoisotopic (exact) mass is 430 g/mol. The van der Waals surface area contributed by atoms with Crippen LogP contribution in [0, 0.1) is 0 Å². The van der Waals surface area contributed by atoms with Crippen LogP contribution in [0.3, 0.4) is 0 Å². The minimum absolute atomic E-state index is 0.175. The molecule has 0 atom stereocenters. The molecule has 2 aromatic carbocycles. The summed E-state index contributed by atoms with van der Waals surface area (Å²) in [5.74, 6) is -0.547. The number of imide groups is 2. The van der Waals surface area contributed by atoms with Crippen molar-refractivity contribution in [2.75, 3.05) is 19.1 Å². The Hall–Kier alpha value is -3.13. The van der Waals surface area contributed by atoms with Crippen LogP contribution in [0.4, 0.5) is 10.5 Å². The summed E-state index contributed by atoms with van der Waals surface area (Å²) >= 11 is 3.39. The van der Waals surface area contributed by atoms with Gasteiger partial charge in [-0.05, 0) is 35.9 Å². The van der Waals surface area contributed by atoms with E-state index in [2.05, 4.69) is 21.2 Å². The fourth-order valence-corrected chi connectivity index (χ4v) is 3.04. The first-order valence-corrected chi connectivity index (χ1v) is 8.63. The third-order valence-electron chi connectivity index (χ3n) is 3.92. The number of carbonyl (C=O) groups excluding carboxylic acids is 3. The van der Waals surface area contributed by atoms with Crippen molar-refractivity contribution in [1.29, 1.82) is 0 Å². The largest absolute Gasteiger partial charge is 0.493 e. The van der Waals surface area contributed by atoms with Crippen LogP contribution in [-0.4, -0.2) is 32.1 Å². The minimum atomic E-state index is -0.792. The number of amides is 4. The molecule has 0 aliphatic carbocycles. The molecule has 0 spiro atoms. The van der Waals surface area contributed by atoms with E-state index in [0.29, 0.717) is 27.2 Å². The lowest BCUT2D eigenvalue weighted by molar-refractivity contribution is -0.122. The van der Waals surface area contributed by atoms with Gasteiger partial charge < -0.3 is 9.47 Å². The van der Waals surface area contributed by atoms with Crippen LogP contribution in [-0.2, 0) is 9.59 Å². The van der Waals surface area contributed by atoms with Crippen LogP contribution < -0.4 is 19.7 Å². The van der Waals surface area contributed by atoms with E-state index in [1.807, 2.05) is 0 Å². The second-order valence-electron chi connectivity index (χ2n) is 5.52. The first-order valence-electron chi connectivity index (χ1n) is 7.84. The normalized spacial score (nSPS) is 15.7. The molecule has 3 rings (SSSR count). The average Bonchev–Trinajstić information content (AvgIpc) is 2.66. The van der Waals surface area contributed by atoms with Crippen LogP contribution in [0.15, 0.2) is 52.5 Å². The van der Waals surface area contributed by atoms with Gasteiger partial charge in [0, 0.05) is 4.47 Å². The molecule has 0 aromatic heterocycles. The van der Waals surface area contributed by atoms with Crippen molar-refractivity contribution in [3.8, 4) is 11.5 Å². The lowest BCUT2D eigenvalue weighted by atomic mass is 10.1. The SMILES string of the molecule is COc1cc(Br)c(/C=C2/C(=O)NC(=O)N(c3ccccc3)C2=O)cc1OC. The Kier molecular flexibility index (Phi) is 5.27. The van der Waals surface area contributed by atoms with E-state index in [1.165, 1.54) is 20.3 Å². The van der Waals surface area contributed by atoms with Gasteiger partial charge in [-0.3, -0.25) is 14.9 Å². The fourth-order valence-electron chi connectivity index (χ4n) is 2.61. The van der Waals surface area contributed by atoms with Crippen molar-refractivity contribution in [2.45, 2.75) is 0 Å². The summed E-state index contributed by atoms with van der Waals surface area (Å²) in [5.41, 5.74) is 0.713. The predicted molar refractivity (Wildman–Crippen MR) is 103 cm³/mol. The third kappa shape index (κ3) is 3.56. The number of carbonyl (C=O) groups is 3. The number of anilines is 1. The molecule has 1 aliphatic rings. The number of urea groups is 1. The summed E-state index contributed by atoms with van der Waals surface area (Å²) in [6.07, 6.45) is 1.39. The van der Waals surface area contributed by atoms with Gasteiger partial charge >= 0.3 is 6.03 Å². The summed E-state index contributed by atoms with van der Waals surface area (Å²) in [4.78, 5) is 38.2. The smallest absolute Gasteiger partial charge is 0.335 e. The van der Waals surface area contributed by atoms with E-state index in [1.54, 1.807) is 42.5 Å². The van der Waals surface area contributed by atoms with Gasteiger partial charge in [-0.15, -0.1) is 0 Å².